The topological polar surface area (TPSA) is 41.3 Å². The van der Waals surface area contributed by atoms with Gasteiger partial charge < -0.3 is 16.0 Å². The number of nitrogens with two attached hydrogens (primary N) is 1. The van der Waals surface area contributed by atoms with Crippen LogP contribution in [0.25, 0.3) is 0 Å². The van der Waals surface area contributed by atoms with Crippen LogP contribution < -0.4 is 16.0 Å². The van der Waals surface area contributed by atoms with Crippen molar-refractivity contribution in [2.75, 3.05) is 16.8 Å². The van der Waals surface area contributed by atoms with E-state index in [1.807, 2.05) is 0 Å². The Kier molecular flexibility index (Phi) is 2.51. The molecule has 3 rings (SSSR count). The lowest BCUT2D eigenvalue weighted by Gasteiger charge is -2.38. The number of rotatable bonds is 2. The number of para-hydroxylation sites is 2. The van der Waals surface area contributed by atoms with Gasteiger partial charge in [0.15, 0.2) is 0 Å². The molecule has 0 saturated heterocycles. The van der Waals surface area contributed by atoms with Crippen LogP contribution in [0.4, 0.5) is 11.4 Å². The molecule has 0 radical (unpaired) electrons. The van der Waals surface area contributed by atoms with Crippen molar-refractivity contribution in [3.05, 3.63) is 24.3 Å². The Hall–Kier alpha value is -1.22. The zero-order valence-corrected chi connectivity index (χ0v) is 10.4. The Morgan fingerprint density at radius 1 is 1.35 bits per heavy atom. The van der Waals surface area contributed by atoms with Gasteiger partial charge in [0.1, 0.15) is 5.66 Å². The lowest BCUT2D eigenvalue weighted by atomic mass is 10.1. The first-order valence-electron chi connectivity index (χ1n) is 6.62. The molecule has 92 valence electrons. The Labute approximate surface area is 103 Å². The molecular weight excluding hydrogens is 210 g/mol. The smallest absolute Gasteiger partial charge is 0.110 e. The van der Waals surface area contributed by atoms with E-state index in [9.17, 15) is 0 Å². The summed E-state index contributed by atoms with van der Waals surface area (Å²) in [5.74, 6) is 0. The summed E-state index contributed by atoms with van der Waals surface area (Å²) >= 11 is 0. The highest BCUT2D eigenvalue weighted by molar-refractivity contribution is 5.78. The number of hydrogen-bond acceptors (Lipinski definition) is 3. The lowest BCUT2D eigenvalue weighted by molar-refractivity contribution is 0.451. The van der Waals surface area contributed by atoms with Gasteiger partial charge >= 0.3 is 0 Å². The Morgan fingerprint density at radius 2 is 2.06 bits per heavy atom. The summed E-state index contributed by atoms with van der Waals surface area (Å²) in [6, 6.07) is 8.81. The molecule has 1 atom stereocenters. The van der Waals surface area contributed by atoms with E-state index in [0.29, 0.717) is 0 Å². The summed E-state index contributed by atoms with van der Waals surface area (Å²) in [5, 5.41) is 3.74. The van der Waals surface area contributed by atoms with Crippen LogP contribution in [0.2, 0.25) is 0 Å². The predicted octanol–water partition coefficient (Wildman–Crippen LogP) is 2.54. The Balaban J connectivity index is 1.98. The first kappa shape index (κ1) is 10.9. The van der Waals surface area contributed by atoms with Gasteiger partial charge in [0.25, 0.3) is 0 Å². The molecule has 0 amide bonds. The molecule has 1 fully saturated rings. The van der Waals surface area contributed by atoms with Crippen LogP contribution in [0.3, 0.4) is 0 Å². The van der Waals surface area contributed by atoms with Crippen molar-refractivity contribution >= 4 is 11.4 Å². The highest BCUT2D eigenvalue weighted by atomic mass is 15.4. The summed E-state index contributed by atoms with van der Waals surface area (Å²) in [6.07, 6.45) is 5.09. The minimum atomic E-state index is 0.150. The fourth-order valence-corrected chi connectivity index (χ4v) is 3.28. The van der Waals surface area contributed by atoms with Crippen LogP contribution >= 0.6 is 0 Å². The van der Waals surface area contributed by atoms with E-state index in [2.05, 4.69) is 41.4 Å². The highest BCUT2D eigenvalue weighted by Gasteiger charge is 2.45. The fraction of sp³-hybridized carbons (Fsp3) is 0.571. The van der Waals surface area contributed by atoms with Gasteiger partial charge in [0, 0.05) is 12.6 Å². The second-order valence-corrected chi connectivity index (χ2v) is 5.47. The molecule has 1 aromatic rings. The second-order valence-electron chi connectivity index (χ2n) is 5.47. The monoisotopic (exact) mass is 231 g/mol. The molecule has 3 heteroatoms. The maximum Gasteiger partial charge on any atom is 0.110 e. The third-order valence-electron chi connectivity index (χ3n) is 3.98. The number of anilines is 2. The predicted molar refractivity (Wildman–Crippen MR) is 72.3 cm³/mol. The number of benzene rings is 1. The molecule has 0 aromatic heterocycles. The summed E-state index contributed by atoms with van der Waals surface area (Å²) in [5.41, 5.74) is 8.76. The van der Waals surface area contributed by atoms with E-state index in [1.165, 1.54) is 37.1 Å². The first-order chi connectivity index (χ1) is 8.21. The molecule has 3 N–H and O–H groups in total. The van der Waals surface area contributed by atoms with Crippen LogP contribution in [0.15, 0.2) is 24.3 Å². The van der Waals surface area contributed by atoms with E-state index >= 15 is 0 Å². The van der Waals surface area contributed by atoms with Crippen LogP contribution in [0.5, 0.6) is 0 Å². The fourth-order valence-electron chi connectivity index (χ4n) is 3.28. The van der Waals surface area contributed by atoms with Crippen molar-refractivity contribution < 1.29 is 0 Å². The molecule has 1 aliphatic carbocycles. The maximum absolute atomic E-state index is 6.01. The minimum Gasteiger partial charge on any atom is -0.361 e. The molecule has 1 aliphatic heterocycles. The molecule has 2 aliphatic rings. The molecule has 0 bridgehead atoms. The van der Waals surface area contributed by atoms with E-state index in [1.54, 1.807) is 0 Å². The zero-order chi connectivity index (χ0) is 11.9. The molecular formula is C14H21N3. The highest BCUT2D eigenvalue weighted by Crippen LogP contribution is 2.47. The van der Waals surface area contributed by atoms with Crippen LogP contribution in [-0.2, 0) is 0 Å². The van der Waals surface area contributed by atoms with Gasteiger partial charge in [-0.3, -0.25) is 0 Å². The summed E-state index contributed by atoms with van der Waals surface area (Å²) in [4.78, 5) is 2.50. The molecule has 17 heavy (non-hydrogen) atoms. The number of nitrogens with zero attached hydrogens (tertiary/aromatic N) is 1. The van der Waals surface area contributed by atoms with Crippen molar-refractivity contribution in [2.24, 2.45) is 5.73 Å². The molecule has 1 spiro atoms. The quantitative estimate of drug-likeness (QED) is 0.822. The van der Waals surface area contributed by atoms with Gasteiger partial charge in [-0.25, -0.2) is 0 Å². The third kappa shape index (κ3) is 1.69. The first-order valence-corrected chi connectivity index (χ1v) is 6.62. The zero-order valence-electron chi connectivity index (χ0n) is 10.4. The molecule has 1 heterocycles. The van der Waals surface area contributed by atoms with Gasteiger partial charge in [-0.1, -0.05) is 12.1 Å². The average Bonchev–Trinajstić information content (AvgIpc) is 2.87. The van der Waals surface area contributed by atoms with Crippen molar-refractivity contribution in [1.82, 2.24) is 0 Å². The van der Waals surface area contributed by atoms with Gasteiger partial charge in [0.2, 0.25) is 0 Å². The normalized spacial score (nSPS) is 22.6. The lowest BCUT2D eigenvalue weighted by Crippen LogP contribution is -2.52. The average molecular weight is 231 g/mol. The Bertz CT molecular complexity index is 408. The van der Waals surface area contributed by atoms with Crippen molar-refractivity contribution in [1.29, 1.82) is 0 Å². The molecule has 1 aromatic carbocycles. The number of hydrogen-bond donors (Lipinski definition) is 2. The van der Waals surface area contributed by atoms with Crippen LogP contribution in [0, 0.1) is 0 Å². The van der Waals surface area contributed by atoms with Gasteiger partial charge in [-0.05, 0) is 44.7 Å². The maximum atomic E-state index is 6.01. The summed E-state index contributed by atoms with van der Waals surface area (Å²) in [7, 11) is 0. The van der Waals surface area contributed by atoms with Gasteiger partial charge in [-0.2, -0.15) is 0 Å². The van der Waals surface area contributed by atoms with Crippen LogP contribution in [0.1, 0.15) is 32.6 Å². The van der Waals surface area contributed by atoms with Gasteiger partial charge in [0.05, 0.1) is 11.4 Å². The van der Waals surface area contributed by atoms with E-state index < -0.39 is 0 Å². The molecule has 1 unspecified atom stereocenters. The second kappa shape index (κ2) is 3.91. The Morgan fingerprint density at radius 3 is 2.76 bits per heavy atom. The van der Waals surface area contributed by atoms with E-state index in [4.69, 9.17) is 5.73 Å². The van der Waals surface area contributed by atoms with Crippen molar-refractivity contribution in [3.63, 3.8) is 0 Å². The summed E-state index contributed by atoms with van der Waals surface area (Å²) in [6.45, 7) is 3.02. The standard InChI is InChI=1S/C14H21N3/c1-11(15)10-17-13-7-3-2-6-12(13)16-14(17)8-4-5-9-14/h2-3,6-7,11,16H,4-5,8-10,15H2,1H3. The SMILES string of the molecule is CC(N)CN1c2ccccc2NC12CCCC2. The number of nitrogens with one attached hydrogen (secondary N) is 1. The van der Waals surface area contributed by atoms with E-state index in [-0.39, 0.29) is 11.7 Å². The van der Waals surface area contributed by atoms with E-state index in [0.717, 1.165) is 6.54 Å². The third-order valence-corrected chi connectivity index (χ3v) is 3.98. The van der Waals surface area contributed by atoms with Gasteiger partial charge in [-0.15, -0.1) is 0 Å². The number of fused-ring (bicyclic) bond motifs is 1. The molecule has 1 saturated carbocycles. The van der Waals surface area contributed by atoms with Crippen LogP contribution in [-0.4, -0.2) is 18.2 Å². The summed E-state index contributed by atoms with van der Waals surface area (Å²) < 4.78 is 0. The molecule has 3 nitrogen and oxygen atoms in total. The largest absolute Gasteiger partial charge is 0.361 e. The van der Waals surface area contributed by atoms with Crippen molar-refractivity contribution in [3.8, 4) is 0 Å². The minimum absolute atomic E-state index is 0.150. The van der Waals surface area contributed by atoms with Crippen molar-refractivity contribution in [2.45, 2.75) is 44.3 Å².